The van der Waals surface area contributed by atoms with Gasteiger partial charge in [-0.25, -0.2) is 0 Å². The van der Waals surface area contributed by atoms with Crippen molar-refractivity contribution in [2.45, 2.75) is 6.92 Å². The first-order valence-electron chi connectivity index (χ1n) is 6.12. The van der Waals surface area contributed by atoms with Crippen LogP contribution in [0.25, 0.3) is 0 Å². The number of methoxy groups -OCH3 is 1. The zero-order chi connectivity index (χ0) is 15.4. The molecule has 0 fully saturated rings. The van der Waals surface area contributed by atoms with E-state index < -0.39 is 4.92 Å². The molecule has 2 rings (SSSR count). The van der Waals surface area contributed by atoms with Crippen LogP contribution in [0.5, 0.6) is 17.2 Å². The number of nitro groups is 1. The number of nitrogens with one attached hydrogen (secondary N) is 1. The molecule has 0 aliphatic carbocycles. The molecule has 0 aromatic heterocycles. The van der Waals surface area contributed by atoms with Gasteiger partial charge in [-0.1, -0.05) is 6.07 Å². The quantitative estimate of drug-likeness (QED) is 0.498. The molecule has 0 saturated carbocycles. The topological polar surface area (TPSA) is 99.7 Å². The van der Waals surface area contributed by atoms with E-state index in [0.29, 0.717) is 22.9 Å². The van der Waals surface area contributed by atoms with Crippen LogP contribution in [0.3, 0.4) is 0 Å². The van der Waals surface area contributed by atoms with Gasteiger partial charge in [0.1, 0.15) is 5.75 Å². The molecule has 0 spiro atoms. The first-order chi connectivity index (χ1) is 10.0. The zero-order valence-corrected chi connectivity index (χ0v) is 11.6. The number of non-ortho nitro benzene ring substituents is 1. The summed E-state index contributed by atoms with van der Waals surface area (Å²) in [6.07, 6.45) is 0. The average molecular weight is 289 g/mol. The molecule has 2 aromatic rings. The average Bonchev–Trinajstić information content (AvgIpc) is 2.48. The molecule has 0 heterocycles. The first-order valence-corrected chi connectivity index (χ1v) is 6.12. The molecule has 0 aliphatic heterocycles. The Bertz CT molecular complexity index is 673. The molecule has 21 heavy (non-hydrogen) atoms. The van der Waals surface area contributed by atoms with E-state index >= 15 is 0 Å². The first kappa shape index (κ1) is 14.6. The predicted octanol–water partition coefficient (Wildman–Crippen LogP) is 2.99. The standard InChI is InChI=1S/C14H15N3O4/c1-9-3-4-13(14(5-9)20-2)21-12-7-10(16-15)6-11(8-12)17(18)19/h3-8,16H,15H2,1-2H3. The molecule has 2 aromatic carbocycles. The van der Waals surface area contributed by atoms with Gasteiger partial charge in [0, 0.05) is 12.1 Å². The van der Waals surface area contributed by atoms with Crippen molar-refractivity contribution < 1.29 is 14.4 Å². The van der Waals surface area contributed by atoms with Crippen LogP contribution in [0.1, 0.15) is 5.56 Å². The predicted molar refractivity (Wildman–Crippen MR) is 78.7 cm³/mol. The smallest absolute Gasteiger partial charge is 0.275 e. The number of nitrogens with zero attached hydrogens (tertiary/aromatic N) is 1. The van der Waals surface area contributed by atoms with E-state index in [9.17, 15) is 10.1 Å². The van der Waals surface area contributed by atoms with Gasteiger partial charge in [-0.05, 0) is 24.6 Å². The van der Waals surface area contributed by atoms with Crippen LogP contribution in [0.15, 0.2) is 36.4 Å². The van der Waals surface area contributed by atoms with Gasteiger partial charge in [0.15, 0.2) is 11.5 Å². The number of hydrogen-bond acceptors (Lipinski definition) is 6. The van der Waals surface area contributed by atoms with E-state index in [1.165, 1.54) is 19.2 Å². The maximum absolute atomic E-state index is 10.9. The molecule has 0 bridgehead atoms. The van der Waals surface area contributed by atoms with Crippen LogP contribution in [0, 0.1) is 17.0 Å². The van der Waals surface area contributed by atoms with Crippen LogP contribution in [0.2, 0.25) is 0 Å². The minimum absolute atomic E-state index is 0.119. The third-order valence-electron chi connectivity index (χ3n) is 2.82. The van der Waals surface area contributed by atoms with Gasteiger partial charge in [-0.3, -0.25) is 16.0 Å². The van der Waals surface area contributed by atoms with Crippen molar-refractivity contribution in [3.05, 3.63) is 52.1 Å². The number of hydrogen-bond donors (Lipinski definition) is 2. The van der Waals surface area contributed by atoms with Gasteiger partial charge in [-0.2, -0.15) is 0 Å². The van der Waals surface area contributed by atoms with E-state index in [-0.39, 0.29) is 5.69 Å². The Balaban J connectivity index is 2.39. The maximum atomic E-state index is 10.9. The fourth-order valence-corrected chi connectivity index (χ4v) is 1.82. The lowest BCUT2D eigenvalue weighted by Crippen LogP contribution is -2.07. The number of rotatable bonds is 5. The summed E-state index contributed by atoms with van der Waals surface area (Å²) in [5.41, 5.74) is 3.65. The minimum atomic E-state index is -0.514. The number of nitro benzene ring substituents is 1. The molecule has 0 aliphatic rings. The lowest BCUT2D eigenvalue weighted by molar-refractivity contribution is -0.384. The summed E-state index contributed by atoms with van der Waals surface area (Å²) in [5.74, 6) is 6.60. The van der Waals surface area contributed by atoms with Gasteiger partial charge in [0.2, 0.25) is 0 Å². The van der Waals surface area contributed by atoms with Crippen LogP contribution >= 0.6 is 0 Å². The van der Waals surface area contributed by atoms with Crippen molar-refractivity contribution in [3.8, 4) is 17.2 Å². The molecule has 7 nitrogen and oxygen atoms in total. The van der Waals surface area contributed by atoms with E-state index in [1.54, 1.807) is 12.1 Å². The fraction of sp³-hybridized carbons (Fsp3) is 0.143. The molecule has 0 amide bonds. The monoisotopic (exact) mass is 289 g/mol. The van der Waals surface area contributed by atoms with E-state index in [4.69, 9.17) is 15.3 Å². The Hall–Kier alpha value is -2.80. The number of nitrogen functional groups attached to an aromatic ring is 1. The van der Waals surface area contributed by atoms with E-state index in [1.807, 2.05) is 19.1 Å². The van der Waals surface area contributed by atoms with Gasteiger partial charge < -0.3 is 14.9 Å². The van der Waals surface area contributed by atoms with Gasteiger partial charge in [0.05, 0.1) is 23.8 Å². The van der Waals surface area contributed by atoms with E-state index in [2.05, 4.69) is 5.43 Å². The number of ether oxygens (including phenoxy) is 2. The second-order valence-corrected chi connectivity index (χ2v) is 4.37. The van der Waals surface area contributed by atoms with Gasteiger partial charge in [0.25, 0.3) is 5.69 Å². The maximum Gasteiger partial charge on any atom is 0.275 e. The summed E-state index contributed by atoms with van der Waals surface area (Å²) in [5, 5.41) is 10.9. The van der Waals surface area contributed by atoms with Gasteiger partial charge in [-0.15, -0.1) is 0 Å². The molecule has 3 N–H and O–H groups in total. The minimum Gasteiger partial charge on any atom is -0.493 e. The highest BCUT2D eigenvalue weighted by Gasteiger charge is 2.12. The zero-order valence-electron chi connectivity index (χ0n) is 11.6. The summed E-state index contributed by atoms with van der Waals surface area (Å²) in [6, 6.07) is 9.61. The summed E-state index contributed by atoms with van der Waals surface area (Å²) in [7, 11) is 1.53. The summed E-state index contributed by atoms with van der Waals surface area (Å²) >= 11 is 0. The fourth-order valence-electron chi connectivity index (χ4n) is 1.82. The SMILES string of the molecule is COc1cc(C)ccc1Oc1cc(NN)cc([N+](=O)[O-])c1. The lowest BCUT2D eigenvalue weighted by Gasteiger charge is -2.11. The Morgan fingerprint density at radius 2 is 1.95 bits per heavy atom. The normalized spacial score (nSPS) is 10.0. The lowest BCUT2D eigenvalue weighted by atomic mass is 10.2. The molecule has 0 saturated heterocycles. The molecule has 7 heteroatoms. The number of nitrogens with two attached hydrogens (primary N) is 1. The third-order valence-corrected chi connectivity index (χ3v) is 2.82. The highest BCUT2D eigenvalue weighted by molar-refractivity contribution is 5.57. The van der Waals surface area contributed by atoms with Crippen molar-refractivity contribution in [3.63, 3.8) is 0 Å². The number of benzene rings is 2. The number of hydrazine groups is 1. The molecule has 0 unspecified atom stereocenters. The van der Waals surface area contributed by atoms with Crippen molar-refractivity contribution in [1.29, 1.82) is 0 Å². The Labute approximate surface area is 121 Å². The number of anilines is 1. The van der Waals surface area contributed by atoms with Crippen molar-refractivity contribution in [1.82, 2.24) is 0 Å². The highest BCUT2D eigenvalue weighted by atomic mass is 16.6. The summed E-state index contributed by atoms with van der Waals surface area (Å²) < 4.78 is 10.9. The highest BCUT2D eigenvalue weighted by Crippen LogP contribution is 2.34. The van der Waals surface area contributed by atoms with Crippen molar-refractivity contribution >= 4 is 11.4 Å². The van der Waals surface area contributed by atoms with E-state index in [0.717, 1.165) is 5.56 Å². The van der Waals surface area contributed by atoms with Crippen molar-refractivity contribution in [2.75, 3.05) is 12.5 Å². The molecular formula is C14H15N3O4. The third kappa shape index (κ3) is 3.40. The van der Waals surface area contributed by atoms with Crippen LogP contribution in [-0.4, -0.2) is 12.0 Å². The van der Waals surface area contributed by atoms with Crippen LogP contribution < -0.4 is 20.7 Å². The molecule has 0 radical (unpaired) electrons. The van der Waals surface area contributed by atoms with Gasteiger partial charge >= 0.3 is 0 Å². The van der Waals surface area contributed by atoms with Crippen LogP contribution in [0.4, 0.5) is 11.4 Å². The Morgan fingerprint density at radius 1 is 1.19 bits per heavy atom. The Morgan fingerprint density at radius 3 is 2.57 bits per heavy atom. The Kier molecular flexibility index (Phi) is 4.24. The molecule has 0 atom stereocenters. The second-order valence-electron chi connectivity index (χ2n) is 4.37. The summed E-state index contributed by atoms with van der Waals surface area (Å²) in [4.78, 5) is 10.4. The molecule has 110 valence electrons. The molecular weight excluding hydrogens is 274 g/mol. The van der Waals surface area contributed by atoms with Crippen LogP contribution in [-0.2, 0) is 0 Å². The summed E-state index contributed by atoms with van der Waals surface area (Å²) in [6.45, 7) is 1.93. The largest absolute Gasteiger partial charge is 0.493 e. The number of aryl methyl sites for hydroxylation is 1. The second kappa shape index (κ2) is 6.10. The van der Waals surface area contributed by atoms with Crippen molar-refractivity contribution in [2.24, 2.45) is 5.84 Å².